The summed E-state index contributed by atoms with van der Waals surface area (Å²) in [7, 11) is -11.2. The van der Waals surface area contributed by atoms with Crippen LogP contribution in [0.1, 0.15) is 13.8 Å². The topological polar surface area (TPSA) is 497 Å². The number of carbonyl (C=O) groups excluding carboxylic acids is 2. The van der Waals surface area contributed by atoms with Crippen LogP contribution in [0.3, 0.4) is 0 Å². The van der Waals surface area contributed by atoms with E-state index in [1.165, 1.54) is 0 Å². The molecule has 0 aromatic rings. The Morgan fingerprint density at radius 1 is 0.770 bits per heavy atom. The second-order valence-electron chi connectivity index (χ2n) is 13.2. The summed E-state index contributed by atoms with van der Waals surface area (Å²) < 4.78 is 107. The molecule has 3 rings (SSSR count). The van der Waals surface area contributed by atoms with E-state index in [0.29, 0.717) is 0 Å². The van der Waals surface area contributed by atoms with Gasteiger partial charge in [0.25, 0.3) is 0 Å². The Morgan fingerprint density at radius 2 is 1.38 bits per heavy atom. The van der Waals surface area contributed by atoms with E-state index in [0.717, 1.165) is 13.8 Å². The third-order valence-electron chi connectivity index (χ3n) is 8.74. The van der Waals surface area contributed by atoms with Crippen molar-refractivity contribution in [3.05, 3.63) is 11.5 Å². The van der Waals surface area contributed by atoms with Gasteiger partial charge in [0.15, 0.2) is 24.4 Å². The van der Waals surface area contributed by atoms with E-state index < -0.39 is 180 Å². The van der Waals surface area contributed by atoms with Crippen LogP contribution in [0.2, 0.25) is 0 Å². The molecule has 15 N–H and O–H groups in total. The number of aliphatic hydroxyl groups excluding tert-OH is 9. The van der Waals surface area contributed by atoms with E-state index in [9.17, 15) is 101 Å². The number of aliphatic hydroxyl groups is 9. The predicted octanol–water partition coefficient (Wildman–Crippen LogP) is -8.95. The summed E-state index contributed by atoms with van der Waals surface area (Å²) in [5, 5.41) is 117. The number of ether oxygens (including phenoxy) is 6. The number of rotatable bonds is 20. The van der Waals surface area contributed by atoms with Gasteiger partial charge in [0.2, 0.25) is 23.9 Å². The predicted molar refractivity (Wildman–Crippen MR) is 181 cm³/mol. The van der Waals surface area contributed by atoms with Gasteiger partial charge in [-0.3, -0.25) is 18.7 Å². The van der Waals surface area contributed by atoms with E-state index in [1.54, 1.807) is 0 Å². The van der Waals surface area contributed by atoms with Crippen molar-refractivity contribution in [2.45, 2.75) is 118 Å². The Labute approximate surface area is 342 Å². The monoisotopic (exact) mass is 936 g/mol. The van der Waals surface area contributed by atoms with Crippen molar-refractivity contribution in [2.75, 3.05) is 19.8 Å². The average molecular weight is 937 g/mol. The molecule has 2 saturated heterocycles. The Bertz CT molecular complexity index is 1820. The van der Waals surface area contributed by atoms with Gasteiger partial charge in [-0.2, -0.15) is 16.8 Å². The van der Waals surface area contributed by atoms with Crippen LogP contribution in [0.4, 0.5) is 0 Å². The molecular weight excluding hydrogens is 892 g/mol. The molecule has 3 aliphatic rings. The number of carbonyl (C=O) groups is 4. The molecule has 3 aliphatic heterocycles. The van der Waals surface area contributed by atoms with Crippen LogP contribution in [-0.4, -0.2) is 230 Å². The molecule has 2 fully saturated rings. The summed E-state index contributed by atoms with van der Waals surface area (Å²) in [4.78, 5) is 48.7. The number of nitrogens with one attached hydrogen (secondary N) is 2. The Morgan fingerprint density at radius 3 is 1.85 bits per heavy atom. The van der Waals surface area contributed by atoms with Crippen LogP contribution in [0, 0.1) is 0 Å². The summed E-state index contributed by atoms with van der Waals surface area (Å²) in [5.74, 6) is -9.05. The summed E-state index contributed by atoms with van der Waals surface area (Å²) >= 11 is 0. The summed E-state index contributed by atoms with van der Waals surface area (Å²) in [6.45, 7) is -2.24. The second-order valence-corrected chi connectivity index (χ2v) is 15.3. The lowest BCUT2D eigenvalue weighted by Crippen LogP contribution is -2.70. The first kappa shape index (κ1) is 51.8. The molecule has 61 heavy (non-hydrogen) atoms. The van der Waals surface area contributed by atoms with Gasteiger partial charge in [0.1, 0.15) is 73.2 Å². The molecule has 17 atom stereocenters. The molecule has 2 amide bonds. The van der Waals surface area contributed by atoms with Crippen LogP contribution < -0.4 is 10.6 Å². The number of carboxylic acid groups (broad SMARTS) is 2. The molecular formula is C28H44N2O29S2. The molecule has 31 nitrogen and oxygen atoms in total. The van der Waals surface area contributed by atoms with Gasteiger partial charge in [-0.15, -0.1) is 0 Å². The molecule has 3 heterocycles. The van der Waals surface area contributed by atoms with Gasteiger partial charge in [-0.25, -0.2) is 18.0 Å². The van der Waals surface area contributed by atoms with E-state index in [1.807, 2.05) is 0 Å². The van der Waals surface area contributed by atoms with Crippen LogP contribution in [0.25, 0.3) is 0 Å². The van der Waals surface area contributed by atoms with Crippen molar-refractivity contribution in [3.63, 3.8) is 0 Å². The van der Waals surface area contributed by atoms with E-state index in [-0.39, 0.29) is 0 Å². The fourth-order valence-corrected chi connectivity index (χ4v) is 7.21. The first-order chi connectivity index (χ1) is 28.2. The van der Waals surface area contributed by atoms with Crippen molar-refractivity contribution in [3.8, 4) is 0 Å². The van der Waals surface area contributed by atoms with Gasteiger partial charge in [-0.05, 0) is 0 Å². The lowest BCUT2D eigenvalue weighted by molar-refractivity contribution is -0.356. The molecule has 0 unspecified atom stereocenters. The zero-order valence-corrected chi connectivity index (χ0v) is 32.7. The third kappa shape index (κ3) is 13.2. The lowest BCUT2D eigenvalue weighted by Gasteiger charge is -2.49. The van der Waals surface area contributed by atoms with Crippen LogP contribution in [0.15, 0.2) is 11.5 Å². The fourth-order valence-electron chi connectivity index (χ4n) is 6.17. The highest BCUT2D eigenvalue weighted by atomic mass is 32.3. The molecule has 0 aromatic carbocycles. The van der Waals surface area contributed by atoms with Gasteiger partial charge in [0.05, 0.1) is 25.9 Å². The van der Waals surface area contributed by atoms with Gasteiger partial charge >= 0.3 is 32.7 Å². The van der Waals surface area contributed by atoms with Crippen LogP contribution >= 0.6 is 0 Å². The normalized spacial score (nSPS) is 34.3. The number of amides is 2. The minimum atomic E-state index is -5.62. The minimum absolute atomic E-state index is 0.804. The zero-order valence-electron chi connectivity index (χ0n) is 31.1. The van der Waals surface area contributed by atoms with E-state index in [4.69, 9.17) is 28.4 Å². The molecule has 0 bridgehead atoms. The first-order valence-corrected chi connectivity index (χ1v) is 19.8. The third-order valence-corrected chi connectivity index (χ3v) is 9.67. The average Bonchev–Trinajstić information content (AvgIpc) is 3.14. The van der Waals surface area contributed by atoms with Crippen molar-refractivity contribution in [1.29, 1.82) is 0 Å². The SMILES string of the molecule is CC(=O)N[C@H]1[C@H](O[C@H]2[C@H](O)[C@@H](O)[C@H](O[C@@H]([C@@H](OS(=O)(=O)O)[C@H](O)CO)[C@H](CO)NC(C)=O)O[C@@H]2C(=O)O)O[C@H](CO)[C@H](OS(=O)(=O)O)[C@@H]1O[C@@H]1OC(C(=O)O)=C(O)[C@H](O)[C@H]1O. The van der Waals surface area contributed by atoms with Crippen LogP contribution in [0.5, 0.6) is 0 Å². The molecule has 0 aromatic heterocycles. The highest BCUT2D eigenvalue weighted by Crippen LogP contribution is 2.35. The smallest absolute Gasteiger partial charge is 0.397 e. The minimum Gasteiger partial charge on any atom is -0.506 e. The maximum atomic E-state index is 12.6. The molecule has 0 radical (unpaired) electrons. The number of hydrogen-bond acceptors (Lipinski definition) is 25. The molecule has 0 saturated carbocycles. The highest BCUT2D eigenvalue weighted by molar-refractivity contribution is 7.81. The fraction of sp³-hybridized carbons (Fsp3) is 0.786. The maximum absolute atomic E-state index is 12.6. The first-order valence-electron chi connectivity index (χ1n) is 17.1. The number of carboxylic acids is 2. The summed E-state index contributed by atoms with van der Waals surface area (Å²) in [5.41, 5.74) is 0. The standard InChI is InChI=1S/C28H44N2O29S2/c1-6(34)29-8(3-31)17(18(9(36)4-32)58-60(46,47)48)53-28-16(41)14(39)21(23(57-28)25(44)45)55-26-11(30-7(2)35)20(19(10(5-33)52-26)59-61(49,50)51)54-27-15(40)12(37)13(38)22(56-27)24(42)43/h8-12,14-21,23,26-28,31-33,36-41H,3-5H2,1-2H3,(H,29,34)(H,30,35)(H,42,43)(H,44,45)(H,46,47,48)(H,49,50,51)/t8-,9+,10+,11+,12-,14+,15+,16+,17+,18-,19-,20+,21-,23-,26-,27+,28+/m0/s1. The summed E-state index contributed by atoms with van der Waals surface area (Å²) in [6, 6.07) is -4.07. The molecule has 0 spiro atoms. The Balaban J connectivity index is 2.11. The number of hydrogen-bond donors (Lipinski definition) is 15. The number of aliphatic carboxylic acids is 2. The summed E-state index contributed by atoms with van der Waals surface area (Å²) in [6.07, 6.45) is -36.6. The molecule has 33 heteroatoms. The second kappa shape index (κ2) is 21.2. The van der Waals surface area contributed by atoms with Crippen molar-refractivity contribution in [1.82, 2.24) is 10.6 Å². The molecule has 0 aliphatic carbocycles. The van der Waals surface area contributed by atoms with E-state index in [2.05, 4.69) is 19.0 Å². The van der Waals surface area contributed by atoms with Gasteiger partial charge in [-0.1, -0.05) is 0 Å². The lowest BCUT2D eigenvalue weighted by atomic mass is 9.94. The maximum Gasteiger partial charge on any atom is 0.397 e. The molecule has 352 valence electrons. The highest BCUT2D eigenvalue weighted by Gasteiger charge is 2.57. The van der Waals surface area contributed by atoms with Crippen LogP contribution in [-0.2, 0) is 76.8 Å². The Kier molecular flexibility index (Phi) is 18.0. The van der Waals surface area contributed by atoms with Crippen molar-refractivity contribution >= 4 is 44.6 Å². The van der Waals surface area contributed by atoms with E-state index >= 15 is 0 Å². The quantitative estimate of drug-likeness (QED) is 0.0504. The van der Waals surface area contributed by atoms with Gasteiger partial charge < -0.3 is 95.2 Å². The largest absolute Gasteiger partial charge is 0.506 e. The zero-order chi connectivity index (χ0) is 46.5. The van der Waals surface area contributed by atoms with Crippen molar-refractivity contribution < 1.29 is 138 Å². The van der Waals surface area contributed by atoms with Crippen molar-refractivity contribution in [2.24, 2.45) is 0 Å². The Hall–Kier alpha value is -3.56. The van der Waals surface area contributed by atoms with Gasteiger partial charge in [0, 0.05) is 13.8 Å².